The first-order valence-corrected chi connectivity index (χ1v) is 26.9. The lowest BCUT2D eigenvalue weighted by Crippen LogP contribution is -2.59. The maximum absolute atomic E-state index is 7.26. The van der Waals surface area contributed by atoms with E-state index in [0.29, 0.717) is 6.61 Å². The lowest BCUT2D eigenvalue weighted by molar-refractivity contribution is 0.00372. The van der Waals surface area contributed by atoms with Gasteiger partial charge in [0.15, 0.2) is 25.0 Å². The third kappa shape index (κ3) is 16.2. The summed E-state index contributed by atoms with van der Waals surface area (Å²) in [6.45, 7) is 37.8. The number of hydrogen-bond acceptors (Lipinski definition) is 4. The van der Waals surface area contributed by atoms with Gasteiger partial charge in [-0.3, -0.25) is 0 Å². The zero-order chi connectivity index (χ0) is 33.8. The molecular formula is C36H81NO3Si3. The van der Waals surface area contributed by atoms with Crippen LogP contribution < -0.4 is 5.73 Å². The molecule has 0 aliphatic heterocycles. The van der Waals surface area contributed by atoms with Crippen LogP contribution in [0.4, 0.5) is 0 Å². The van der Waals surface area contributed by atoms with E-state index in [9.17, 15) is 0 Å². The van der Waals surface area contributed by atoms with Crippen molar-refractivity contribution < 1.29 is 13.3 Å². The van der Waals surface area contributed by atoms with Crippen LogP contribution in [0.1, 0.15) is 153 Å². The van der Waals surface area contributed by atoms with Crippen molar-refractivity contribution in [1.29, 1.82) is 0 Å². The lowest BCUT2D eigenvalue weighted by Gasteiger charge is -2.47. The number of rotatable bonds is 22. The molecule has 0 saturated heterocycles. The molecule has 0 heterocycles. The second-order valence-electron chi connectivity index (χ2n) is 18.2. The first kappa shape index (κ1) is 43.5. The zero-order valence-electron chi connectivity index (χ0n) is 32.4. The van der Waals surface area contributed by atoms with Crippen molar-refractivity contribution in [2.75, 3.05) is 6.61 Å². The van der Waals surface area contributed by atoms with Gasteiger partial charge in [-0.05, 0) is 60.8 Å². The summed E-state index contributed by atoms with van der Waals surface area (Å²) >= 11 is 0. The quantitative estimate of drug-likeness (QED) is 0.0928. The summed E-state index contributed by atoms with van der Waals surface area (Å²) in [7, 11) is -6.08. The summed E-state index contributed by atoms with van der Waals surface area (Å²) < 4.78 is 21.2. The fourth-order valence-electron chi connectivity index (χ4n) is 4.60. The molecule has 0 fully saturated rings. The zero-order valence-corrected chi connectivity index (χ0v) is 35.4. The average Bonchev–Trinajstić information content (AvgIpc) is 2.83. The molecule has 0 aromatic heterocycles. The fraction of sp³-hybridized carbons (Fsp3) is 1.00. The van der Waals surface area contributed by atoms with Crippen molar-refractivity contribution >= 4 is 25.0 Å². The molecule has 4 nitrogen and oxygen atoms in total. The Morgan fingerprint density at radius 3 is 1.23 bits per heavy atom. The van der Waals surface area contributed by atoms with Crippen LogP contribution in [0.15, 0.2) is 0 Å². The molecule has 2 N–H and O–H groups in total. The van der Waals surface area contributed by atoms with Crippen LogP contribution in [-0.4, -0.2) is 49.8 Å². The second kappa shape index (κ2) is 18.7. The number of unbranched alkanes of at least 4 members (excludes halogenated alkanes) is 11. The summed E-state index contributed by atoms with van der Waals surface area (Å²) in [6.07, 6.45) is 17.1. The molecule has 7 heteroatoms. The Bertz CT molecular complexity index is 735. The van der Waals surface area contributed by atoms with Gasteiger partial charge in [0.1, 0.15) is 0 Å². The minimum absolute atomic E-state index is 0.00356. The van der Waals surface area contributed by atoms with Crippen LogP contribution in [0.25, 0.3) is 0 Å². The molecule has 0 spiro atoms. The molecule has 0 aliphatic carbocycles. The van der Waals surface area contributed by atoms with Crippen molar-refractivity contribution in [2.24, 2.45) is 5.73 Å². The van der Waals surface area contributed by atoms with Gasteiger partial charge in [0.2, 0.25) is 0 Å². The molecule has 0 saturated carbocycles. The molecule has 0 aliphatic rings. The first-order chi connectivity index (χ1) is 19.4. The Balaban J connectivity index is 5.68. The van der Waals surface area contributed by atoms with Crippen LogP contribution >= 0.6 is 0 Å². The van der Waals surface area contributed by atoms with Gasteiger partial charge in [-0.2, -0.15) is 0 Å². The Labute approximate surface area is 275 Å². The third-order valence-corrected chi connectivity index (χ3v) is 24.5. The monoisotopic (exact) mass is 660 g/mol. The Morgan fingerprint density at radius 1 is 0.512 bits per heavy atom. The van der Waals surface area contributed by atoms with Gasteiger partial charge in [0.05, 0.1) is 24.9 Å². The van der Waals surface area contributed by atoms with Gasteiger partial charge in [-0.25, -0.2) is 0 Å². The largest absolute Gasteiger partial charge is 0.415 e. The van der Waals surface area contributed by atoms with E-state index in [1.807, 2.05) is 0 Å². The van der Waals surface area contributed by atoms with E-state index in [2.05, 4.69) is 109 Å². The molecule has 0 bridgehead atoms. The molecule has 3 atom stereocenters. The summed E-state index contributed by atoms with van der Waals surface area (Å²) in [5.41, 5.74) is 7.11. The maximum Gasteiger partial charge on any atom is 0.192 e. The van der Waals surface area contributed by atoms with Crippen LogP contribution in [0.3, 0.4) is 0 Å². The van der Waals surface area contributed by atoms with Gasteiger partial charge < -0.3 is 19.0 Å². The minimum Gasteiger partial charge on any atom is -0.415 e. The van der Waals surface area contributed by atoms with Gasteiger partial charge >= 0.3 is 0 Å². The fourth-order valence-corrected chi connectivity index (χ4v) is 8.37. The highest BCUT2D eigenvalue weighted by atomic mass is 28.4. The molecule has 260 valence electrons. The summed E-state index contributed by atoms with van der Waals surface area (Å²) in [5, 5.41) is 0.377. The van der Waals surface area contributed by atoms with Gasteiger partial charge in [-0.1, -0.05) is 146 Å². The van der Waals surface area contributed by atoms with Crippen LogP contribution in [0, 0.1) is 0 Å². The van der Waals surface area contributed by atoms with E-state index < -0.39 is 25.0 Å². The van der Waals surface area contributed by atoms with E-state index in [1.165, 1.54) is 77.0 Å². The highest BCUT2D eigenvalue weighted by molar-refractivity contribution is 6.75. The standard InChI is InChI=1S/C36H81NO3Si3/c1-17-18-19-20-21-22-23-24-25-26-27-28-29-32(39-42(13,14)35(5,6)7)33(40-43(15,16)36(8,9)10)31(37)30-38-41(11,12)34(2,3)4/h31-33H,17-30,37H2,1-16H3/t31-,32+,33+/m0/s1. The van der Waals surface area contributed by atoms with Crippen molar-refractivity contribution in [3.8, 4) is 0 Å². The first-order valence-electron chi connectivity index (χ1n) is 18.1. The second-order valence-corrected chi connectivity index (χ2v) is 32.5. The Hall–Kier alpha value is 0.491. The SMILES string of the molecule is CCCCCCCCCCCCCC[C@@H](O[Si](C)(C)C(C)(C)C)[C@H](O[Si](C)(C)C(C)(C)C)[C@@H](N)CO[Si](C)(C)C(C)(C)C. The van der Waals surface area contributed by atoms with E-state index in [4.69, 9.17) is 19.0 Å². The summed E-state index contributed by atoms with van der Waals surface area (Å²) in [6, 6.07) is -0.213. The van der Waals surface area contributed by atoms with Crippen LogP contribution in [0.2, 0.25) is 54.4 Å². The smallest absolute Gasteiger partial charge is 0.192 e. The predicted octanol–water partition coefficient (Wildman–Crippen LogP) is 12.2. The highest BCUT2D eigenvalue weighted by Gasteiger charge is 2.46. The normalized spacial score (nSPS) is 16.4. The molecular weight excluding hydrogens is 579 g/mol. The Morgan fingerprint density at radius 2 is 0.860 bits per heavy atom. The van der Waals surface area contributed by atoms with Crippen molar-refractivity contribution in [2.45, 2.75) is 225 Å². The van der Waals surface area contributed by atoms with Gasteiger partial charge in [0, 0.05) is 0 Å². The lowest BCUT2D eigenvalue weighted by atomic mass is 10.00. The highest BCUT2D eigenvalue weighted by Crippen LogP contribution is 2.42. The van der Waals surface area contributed by atoms with Crippen molar-refractivity contribution in [3.63, 3.8) is 0 Å². The average molecular weight is 660 g/mol. The molecule has 0 rings (SSSR count). The molecule has 43 heavy (non-hydrogen) atoms. The molecule has 0 aromatic rings. The van der Waals surface area contributed by atoms with Crippen LogP contribution in [-0.2, 0) is 13.3 Å². The van der Waals surface area contributed by atoms with Crippen molar-refractivity contribution in [1.82, 2.24) is 0 Å². The third-order valence-electron chi connectivity index (χ3n) is 11.1. The predicted molar refractivity (Wildman–Crippen MR) is 201 cm³/mol. The molecule has 0 radical (unpaired) electrons. The molecule has 0 aromatic carbocycles. The summed E-state index contributed by atoms with van der Waals surface area (Å²) in [5.74, 6) is 0. The number of hydrogen-bond donors (Lipinski definition) is 1. The molecule has 0 unspecified atom stereocenters. The summed E-state index contributed by atoms with van der Waals surface area (Å²) in [4.78, 5) is 0. The van der Waals surface area contributed by atoms with Gasteiger partial charge in [0.25, 0.3) is 0 Å². The minimum atomic E-state index is -2.10. The van der Waals surface area contributed by atoms with E-state index in [-0.39, 0.29) is 33.4 Å². The molecule has 0 amide bonds. The van der Waals surface area contributed by atoms with Gasteiger partial charge in [-0.15, -0.1) is 0 Å². The van der Waals surface area contributed by atoms with Crippen LogP contribution in [0.5, 0.6) is 0 Å². The number of nitrogens with two attached hydrogens (primary N) is 1. The topological polar surface area (TPSA) is 53.7 Å². The maximum atomic E-state index is 7.26. The van der Waals surface area contributed by atoms with E-state index in [1.54, 1.807) is 0 Å². The van der Waals surface area contributed by atoms with E-state index >= 15 is 0 Å². The Kier molecular flexibility index (Phi) is 18.9. The van der Waals surface area contributed by atoms with Crippen molar-refractivity contribution in [3.05, 3.63) is 0 Å². The van der Waals surface area contributed by atoms with E-state index in [0.717, 1.165) is 6.42 Å².